The molecule has 0 saturated heterocycles. The van der Waals surface area contributed by atoms with Gasteiger partial charge in [0.1, 0.15) is 0 Å². The van der Waals surface area contributed by atoms with Crippen LogP contribution in [-0.4, -0.2) is 5.91 Å². The van der Waals surface area contributed by atoms with E-state index in [0.29, 0.717) is 12.3 Å². The Bertz CT molecular complexity index is 399. The summed E-state index contributed by atoms with van der Waals surface area (Å²) in [6.45, 7) is 8.17. The highest BCUT2D eigenvalue weighted by Crippen LogP contribution is 2.22. The summed E-state index contributed by atoms with van der Waals surface area (Å²) in [5.74, 6) is 0.490. The van der Waals surface area contributed by atoms with Crippen LogP contribution in [0.4, 0.5) is 5.69 Å². The van der Waals surface area contributed by atoms with Crippen molar-refractivity contribution >= 4 is 34.2 Å². The number of aryl methyl sites for hydroxylation is 2. The summed E-state index contributed by atoms with van der Waals surface area (Å²) in [5.41, 5.74) is 3.25. The van der Waals surface area contributed by atoms with Gasteiger partial charge in [0.25, 0.3) is 0 Å². The van der Waals surface area contributed by atoms with Crippen LogP contribution >= 0.6 is 22.6 Å². The van der Waals surface area contributed by atoms with Gasteiger partial charge in [0.05, 0.1) is 0 Å². The van der Waals surface area contributed by atoms with Crippen LogP contribution in [0.15, 0.2) is 12.1 Å². The fraction of sp³-hybridized carbons (Fsp3) is 0.462. The van der Waals surface area contributed by atoms with Gasteiger partial charge in [0.2, 0.25) is 5.91 Å². The zero-order valence-corrected chi connectivity index (χ0v) is 12.4. The Morgan fingerprint density at radius 1 is 1.31 bits per heavy atom. The highest BCUT2D eigenvalue weighted by atomic mass is 127. The van der Waals surface area contributed by atoms with Gasteiger partial charge in [0.15, 0.2) is 0 Å². The second-order valence-corrected chi connectivity index (χ2v) is 5.72. The van der Waals surface area contributed by atoms with E-state index >= 15 is 0 Å². The van der Waals surface area contributed by atoms with Crippen molar-refractivity contribution in [3.63, 3.8) is 0 Å². The molecule has 0 saturated carbocycles. The maximum absolute atomic E-state index is 11.7. The molecular weight excluding hydrogens is 313 g/mol. The number of benzene rings is 1. The van der Waals surface area contributed by atoms with E-state index in [1.54, 1.807) is 0 Å². The van der Waals surface area contributed by atoms with Crippen LogP contribution in [0.3, 0.4) is 0 Å². The Hall–Kier alpha value is -0.580. The Labute approximate surface area is 111 Å². The van der Waals surface area contributed by atoms with Crippen molar-refractivity contribution in [2.45, 2.75) is 34.1 Å². The number of nitrogens with one attached hydrogen (secondary N) is 1. The van der Waals surface area contributed by atoms with E-state index in [1.165, 1.54) is 9.13 Å². The topological polar surface area (TPSA) is 29.1 Å². The van der Waals surface area contributed by atoms with Gasteiger partial charge < -0.3 is 5.32 Å². The largest absolute Gasteiger partial charge is 0.326 e. The summed E-state index contributed by atoms with van der Waals surface area (Å²) < 4.78 is 1.23. The monoisotopic (exact) mass is 331 g/mol. The molecule has 0 atom stereocenters. The third-order valence-corrected chi connectivity index (χ3v) is 3.54. The van der Waals surface area contributed by atoms with E-state index in [2.05, 4.69) is 40.9 Å². The molecule has 1 amide bonds. The Balaban J connectivity index is 2.81. The third kappa shape index (κ3) is 3.77. The number of amides is 1. The van der Waals surface area contributed by atoms with E-state index in [0.717, 1.165) is 11.3 Å². The summed E-state index contributed by atoms with van der Waals surface area (Å²) in [6.07, 6.45) is 0.574. The summed E-state index contributed by atoms with van der Waals surface area (Å²) in [7, 11) is 0. The zero-order valence-electron chi connectivity index (χ0n) is 10.2. The van der Waals surface area contributed by atoms with Crippen LogP contribution < -0.4 is 5.32 Å². The van der Waals surface area contributed by atoms with Crippen molar-refractivity contribution in [3.05, 3.63) is 26.8 Å². The van der Waals surface area contributed by atoms with E-state index in [-0.39, 0.29) is 5.91 Å². The number of rotatable bonds is 3. The lowest BCUT2D eigenvalue weighted by atomic mass is 10.1. The molecule has 1 rings (SSSR count). The lowest BCUT2D eigenvalue weighted by Gasteiger charge is -2.11. The Morgan fingerprint density at radius 3 is 2.50 bits per heavy atom. The van der Waals surface area contributed by atoms with Crippen LogP contribution in [-0.2, 0) is 4.79 Å². The van der Waals surface area contributed by atoms with Gasteiger partial charge in [-0.15, -0.1) is 0 Å². The van der Waals surface area contributed by atoms with Gasteiger partial charge in [-0.2, -0.15) is 0 Å². The maximum atomic E-state index is 11.7. The van der Waals surface area contributed by atoms with E-state index < -0.39 is 0 Å². The van der Waals surface area contributed by atoms with Crippen molar-refractivity contribution in [2.75, 3.05) is 5.32 Å². The molecule has 2 nitrogen and oxygen atoms in total. The molecule has 88 valence electrons. The average molecular weight is 331 g/mol. The second kappa shape index (κ2) is 5.66. The molecule has 0 radical (unpaired) electrons. The van der Waals surface area contributed by atoms with Gasteiger partial charge in [0, 0.05) is 15.7 Å². The predicted octanol–water partition coefficient (Wildman–Crippen LogP) is 3.89. The summed E-state index contributed by atoms with van der Waals surface area (Å²) >= 11 is 2.31. The second-order valence-electron chi connectivity index (χ2n) is 4.56. The van der Waals surface area contributed by atoms with Crippen LogP contribution in [0.5, 0.6) is 0 Å². The molecule has 0 spiro atoms. The van der Waals surface area contributed by atoms with Gasteiger partial charge in [-0.1, -0.05) is 13.8 Å². The standard InChI is InChI=1S/C13H18INO/c1-8(2)5-13(16)15-12-7-9(3)11(14)6-10(12)4/h6-8H,5H2,1-4H3,(H,15,16). The minimum absolute atomic E-state index is 0.0960. The van der Waals surface area contributed by atoms with Crippen LogP contribution in [0, 0.1) is 23.3 Å². The quantitative estimate of drug-likeness (QED) is 0.837. The molecule has 1 aromatic carbocycles. The van der Waals surface area contributed by atoms with Crippen LogP contribution in [0.25, 0.3) is 0 Å². The van der Waals surface area contributed by atoms with Crippen LogP contribution in [0.2, 0.25) is 0 Å². The molecule has 0 heterocycles. The first-order chi connectivity index (χ1) is 7.40. The molecule has 0 aliphatic rings. The lowest BCUT2D eigenvalue weighted by molar-refractivity contribution is -0.116. The van der Waals surface area contributed by atoms with Crippen molar-refractivity contribution < 1.29 is 4.79 Å². The average Bonchev–Trinajstić information content (AvgIpc) is 2.12. The smallest absolute Gasteiger partial charge is 0.224 e. The van der Waals surface area contributed by atoms with E-state index in [9.17, 15) is 4.79 Å². The van der Waals surface area contributed by atoms with Crippen molar-refractivity contribution in [1.82, 2.24) is 0 Å². The molecular formula is C13H18INO. The first kappa shape index (κ1) is 13.5. The first-order valence-corrected chi connectivity index (χ1v) is 6.54. The minimum Gasteiger partial charge on any atom is -0.326 e. The molecule has 0 aliphatic heterocycles. The molecule has 0 fully saturated rings. The van der Waals surface area contributed by atoms with Crippen LogP contribution in [0.1, 0.15) is 31.4 Å². The minimum atomic E-state index is 0.0960. The molecule has 16 heavy (non-hydrogen) atoms. The number of halogens is 1. The SMILES string of the molecule is Cc1cc(NC(=O)CC(C)C)c(C)cc1I. The molecule has 0 aliphatic carbocycles. The predicted molar refractivity (Wildman–Crippen MR) is 76.7 cm³/mol. The molecule has 0 unspecified atom stereocenters. The molecule has 0 aromatic heterocycles. The molecule has 3 heteroatoms. The van der Waals surface area contributed by atoms with Gasteiger partial charge in [-0.05, 0) is 65.6 Å². The normalized spacial score (nSPS) is 10.6. The van der Waals surface area contributed by atoms with E-state index in [1.807, 2.05) is 26.8 Å². The fourth-order valence-corrected chi connectivity index (χ4v) is 2.11. The Morgan fingerprint density at radius 2 is 1.94 bits per heavy atom. The molecule has 0 bridgehead atoms. The molecule has 1 N–H and O–H groups in total. The Kier molecular flexibility index (Phi) is 4.77. The number of carbonyl (C=O) groups excluding carboxylic acids is 1. The summed E-state index contributed by atoms with van der Waals surface area (Å²) in [5, 5.41) is 2.97. The molecule has 1 aromatic rings. The van der Waals surface area contributed by atoms with Crippen molar-refractivity contribution in [3.8, 4) is 0 Å². The highest BCUT2D eigenvalue weighted by Gasteiger charge is 2.08. The maximum Gasteiger partial charge on any atom is 0.224 e. The number of hydrogen-bond donors (Lipinski definition) is 1. The zero-order chi connectivity index (χ0) is 12.3. The lowest BCUT2D eigenvalue weighted by Crippen LogP contribution is -2.14. The third-order valence-electron chi connectivity index (χ3n) is 2.37. The fourth-order valence-electron chi connectivity index (χ4n) is 1.49. The number of hydrogen-bond acceptors (Lipinski definition) is 1. The summed E-state index contributed by atoms with van der Waals surface area (Å²) in [4.78, 5) is 11.7. The van der Waals surface area contributed by atoms with Gasteiger partial charge in [-0.3, -0.25) is 4.79 Å². The number of anilines is 1. The summed E-state index contributed by atoms with van der Waals surface area (Å²) in [6, 6.07) is 4.14. The van der Waals surface area contributed by atoms with Gasteiger partial charge in [-0.25, -0.2) is 0 Å². The number of carbonyl (C=O) groups is 1. The first-order valence-electron chi connectivity index (χ1n) is 5.46. The van der Waals surface area contributed by atoms with E-state index in [4.69, 9.17) is 0 Å². The van der Waals surface area contributed by atoms with Crippen molar-refractivity contribution in [1.29, 1.82) is 0 Å². The van der Waals surface area contributed by atoms with Crippen molar-refractivity contribution in [2.24, 2.45) is 5.92 Å². The van der Waals surface area contributed by atoms with Gasteiger partial charge >= 0.3 is 0 Å². The highest BCUT2D eigenvalue weighted by molar-refractivity contribution is 14.1.